The van der Waals surface area contributed by atoms with E-state index in [1.165, 1.54) is 0 Å². The molecule has 0 bridgehead atoms. The van der Waals surface area contributed by atoms with E-state index in [-0.39, 0.29) is 24.9 Å². The molecule has 0 aliphatic rings. The summed E-state index contributed by atoms with van der Waals surface area (Å²) in [5, 5.41) is 2.75. The Morgan fingerprint density at radius 3 is 2.48 bits per heavy atom. The van der Waals surface area contributed by atoms with Crippen LogP contribution in [0.25, 0.3) is 0 Å². The van der Waals surface area contributed by atoms with Crippen LogP contribution in [0.15, 0.2) is 24.3 Å². The van der Waals surface area contributed by atoms with E-state index >= 15 is 0 Å². The van der Waals surface area contributed by atoms with Gasteiger partial charge in [-0.1, -0.05) is 25.1 Å². The molecule has 0 aliphatic heterocycles. The fourth-order valence-corrected chi connectivity index (χ4v) is 2.22. The van der Waals surface area contributed by atoms with Crippen LogP contribution >= 0.6 is 0 Å². The fraction of sp³-hybridized carbons (Fsp3) is 0.529. The Bertz CT molecular complexity index is 520. The summed E-state index contributed by atoms with van der Waals surface area (Å²) in [5.74, 6) is 0.679. The van der Waals surface area contributed by atoms with Crippen LogP contribution in [0, 0.1) is 0 Å². The van der Waals surface area contributed by atoms with Gasteiger partial charge in [-0.15, -0.1) is 0 Å². The zero-order valence-corrected chi connectivity index (χ0v) is 14.5. The van der Waals surface area contributed by atoms with Crippen molar-refractivity contribution in [2.75, 3.05) is 40.3 Å². The summed E-state index contributed by atoms with van der Waals surface area (Å²) >= 11 is 0. The smallest absolute Gasteiger partial charge is 0.236 e. The minimum atomic E-state index is -0.0606. The third-order valence-corrected chi connectivity index (χ3v) is 3.57. The van der Waals surface area contributed by atoms with Crippen molar-refractivity contribution in [2.45, 2.75) is 20.4 Å². The topological polar surface area (TPSA) is 61.9 Å². The lowest BCUT2D eigenvalue weighted by atomic mass is 10.2. The number of para-hydroxylation sites is 1. The minimum Gasteiger partial charge on any atom is -0.496 e. The zero-order chi connectivity index (χ0) is 17.2. The number of hydrogen-bond donors (Lipinski definition) is 1. The summed E-state index contributed by atoms with van der Waals surface area (Å²) in [7, 11) is 3.38. The first-order valence-corrected chi connectivity index (χ1v) is 7.86. The summed E-state index contributed by atoms with van der Waals surface area (Å²) in [6.45, 7) is 5.98. The van der Waals surface area contributed by atoms with Crippen LogP contribution in [0.2, 0.25) is 0 Å². The van der Waals surface area contributed by atoms with Crippen LogP contribution in [0.5, 0.6) is 5.75 Å². The lowest BCUT2D eigenvalue weighted by molar-refractivity contribution is -0.132. The van der Waals surface area contributed by atoms with E-state index in [2.05, 4.69) is 5.32 Å². The Balaban J connectivity index is 2.59. The summed E-state index contributed by atoms with van der Waals surface area (Å²) in [6, 6.07) is 7.63. The van der Waals surface area contributed by atoms with Crippen molar-refractivity contribution in [2.24, 2.45) is 0 Å². The number of hydrogen-bond acceptors (Lipinski definition) is 4. The van der Waals surface area contributed by atoms with Crippen LogP contribution in [0.3, 0.4) is 0 Å². The second-order valence-corrected chi connectivity index (χ2v) is 5.32. The third-order valence-electron chi connectivity index (χ3n) is 3.57. The molecule has 0 unspecified atom stereocenters. The largest absolute Gasteiger partial charge is 0.496 e. The molecule has 0 atom stereocenters. The van der Waals surface area contributed by atoms with Gasteiger partial charge in [0.1, 0.15) is 5.75 Å². The van der Waals surface area contributed by atoms with Crippen LogP contribution in [-0.2, 0) is 16.1 Å². The Morgan fingerprint density at radius 2 is 1.87 bits per heavy atom. The Hall–Kier alpha value is -2.08. The standard InChI is InChI=1S/C17H27N3O3/c1-5-18-16(21)12-20(6-2)13-17(22)19(3)11-14-9-7-8-10-15(14)23-4/h7-10H,5-6,11-13H2,1-4H3,(H,18,21). The molecular formula is C17H27N3O3. The number of ether oxygens (including phenoxy) is 1. The first kappa shape index (κ1) is 19.0. The van der Waals surface area contributed by atoms with E-state index < -0.39 is 0 Å². The number of methoxy groups -OCH3 is 1. The van der Waals surface area contributed by atoms with Crippen molar-refractivity contribution in [3.8, 4) is 5.75 Å². The highest BCUT2D eigenvalue weighted by molar-refractivity contribution is 5.81. The van der Waals surface area contributed by atoms with Crippen molar-refractivity contribution in [3.63, 3.8) is 0 Å². The van der Waals surface area contributed by atoms with Crippen LogP contribution in [0.1, 0.15) is 19.4 Å². The summed E-state index contributed by atoms with van der Waals surface area (Å²) in [5.41, 5.74) is 0.956. The van der Waals surface area contributed by atoms with Crippen molar-refractivity contribution < 1.29 is 14.3 Å². The van der Waals surface area contributed by atoms with E-state index in [9.17, 15) is 9.59 Å². The summed E-state index contributed by atoms with van der Waals surface area (Å²) < 4.78 is 5.31. The van der Waals surface area contributed by atoms with E-state index in [4.69, 9.17) is 4.74 Å². The zero-order valence-electron chi connectivity index (χ0n) is 14.5. The Morgan fingerprint density at radius 1 is 1.17 bits per heavy atom. The van der Waals surface area contributed by atoms with Gasteiger partial charge in [-0.3, -0.25) is 14.5 Å². The number of carbonyl (C=O) groups excluding carboxylic acids is 2. The second kappa shape index (κ2) is 9.84. The monoisotopic (exact) mass is 321 g/mol. The molecule has 0 radical (unpaired) electrons. The van der Waals surface area contributed by atoms with Gasteiger partial charge in [0, 0.05) is 25.7 Å². The molecule has 23 heavy (non-hydrogen) atoms. The molecule has 0 spiro atoms. The molecule has 0 fully saturated rings. The van der Waals surface area contributed by atoms with Gasteiger partial charge < -0.3 is 15.0 Å². The SMILES string of the molecule is CCNC(=O)CN(CC)CC(=O)N(C)Cc1ccccc1OC. The molecule has 0 heterocycles. The molecule has 0 aromatic heterocycles. The lowest BCUT2D eigenvalue weighted by Crippen LogP contribution is -2.43. The summed E-state index contributed by atoms with van der Waals surface area (Å²) in [4.78, 5) is 27.5. The molecule has 6 nitrogen and oxygen atoms in total. The van der Waals surface area contributed by atoms with Crippen LogP contribution < -0.4 is 10.1 Å². The molecule has 2 amide bonds. The molecule has 128 valence electrons. The van der Waals surface area contributed by atoms with Gasteiger partial charge in [0.25, 0.3) is 0 Å². The van der Waals surface area contributed by atoms with Crippen molar-refractivity contribution in [3.05, 3.63) is 29.8 Å². The molecule has 1 aromatic carbocycles. The third kappa shape index (κ3) is 6.28. The van der Waals surface area contributed by atoms with Crippen molar-refractivity contribution in [1.29, 1.82) is 0 Å². The van der Waals surface area contributed by atoms with Gasteiger partial charge in [-0.05, 0) is 19.5 Å². The molecule has 1 rings (SSSR count). The highest BCUT2D eigenvalue weighted by Gasteiger charge is 2.17. The Labute approximate surface area is 138 Å². The van der Waals surface area contributed by atoms with Gasteiger partial charge in [0.2, 0.25) is 11.8 Å². The Kier molecular flexibility index (Phi) is 8.11. The normalized spacial score (nSPS) is 10.5. The van der Waals surface area contributed by atoms with Gasteiger partial charge in [-0.2, -0.15) is 0 Å². The predicted octanol–water partition coefficient (Wildman–Crippen LogP) is 1.11. The van der Waals surface area contributed by atoms with Crippen LogP contribution in [0.4, 0.5) is 0 Å². The molecule has 0 saturated carbocycles. The fourth-order valence-electron chi connectivity index (χ4n) is 2.22. The highest BCUT2D eigenvalue weighted by atomic mass is 16.5. The average Bonchev–Trinajstić information content (AvgIpc) is 2.54. The van der Waals surface area contributed by atoms with Gasteiger partial charge in [0.15, 0.2) is 0 Å². The average molecular weight is 321 g/mol. The number of nitrogens with one attached hydrogen (secondary N) is 1. The number of likely N-dealkylation sites (N-methyl/N-ethyl adjacent to an activating group) is 3. The number of carbonyl (C=O) groups is 2. The van der Waals surface area contributed by atoms with Gasteiger partial charge >= 0.3 is 0 Å². The van der Waals surface area contributed by atoms with Gasteiger partial charge in [0.05, 0.1) is 20.2 Å². The number of amides is 2. The quantitative estimate of drug-likeness (QED) is 0.740. The maximum atomic E-state index is 12.4. The lowest BCUT2D eigenvalue weighted by Gasteiger charge is -2.24. The molecule has 0 aliphatic carbocycles. The highest BCUT2D eigenvalue weighted by Crippen LogP contribution is 2.18. The predicted molar refractivity (Wildman–Crippen MR) is 90.3 cm³/mol. The first-order chi connectivity index (χ1) is 11.0. The van der Waals surface area contributed by atoms with E-state index in [0.717, 1.165) is 11.3 Å². The molecule has 1 aromatic rings. The van der Waals surface area contributed by atoms with Crippen LogP contribution in [-0.4, -0.2) is 62.0 Å². The molecular weight excluding hydrogens is 294 g/mol. The maximum absolute atomic E-state index is 12.4. The summed E-state index contributed by atoms with van der Waals surface area (Å²) in [6.07, 6.45) is 0. The van der Waals surface area contributed by atoms with Gasteiger partial charge in [-0.25, -0.2) is 0 Å². The second-order valence-electron chi connectivity index (χ2n) is 5.32. The van der Waals surface area contributed by atoms with E-state index in [1.54, 1.807) is 19.1 Å². The van der Waals surface area contributed by atoms with E-state index in [0.29, 0.717) is 19.6 Å². The number of rotatable bonds is 9. The van der Waals surface area contributed by atoms with Crippen molar-refractivity contribution in [1.82, 2.24) is 15.1 Å². The molecule has 0 saturated heterocycles. The molecule has 1 N–H and O–H groups in total. The minimum absolute atomic E-state index is 0.0259. The van der Waals surface area contributed by atoms with E-state index in [1.807, 2.05) is 43.0 Å². The molecule has 6 heteroatoms. The first-order valence-electron chi connectivity index (χ1n) is 7.86. The number of benzene rings is 1. The maximum Gasteiger partial charge on any atom is 0.236 e. The number of nitrogens with zero attached hydrogens (tertiary/aromatic N) is 2. The van der Waals surface area contributed by atoms with Crippen molar-refractivity contribution >= 4 is 11.8 Å².